The molecule has 0 amide bonds. The Morgan fingerprint density at radius 2 is 1.31 bits per heavy atom. The van der Waals surface area contributed by atoms with Crippen LogP contribution in [-0.4, -0.2) is 36.8 Å². The summed E-state index contributed by atoms with van der Waals surface area (Å²) in [6, 6.07) is 0. The van der Waals surface area contributed by atoms with Crippen molar-refractivity contribution in [2.24, 2.45) is 5.73 Å². The summed E-state index contributed by atoms with van der Waals surface area (Å²) in [5.41, 5.74) is 3.30. The van der Waals surface area contributed by atoms with E-state index in [1.165, 1.54) is 0 Å². The van der Waals surface area contributed by atoms with E-state index in [2.05, 4.69) is 0 Å². The van der Waals surface area contributed by atoms with Gasteiger partial charge in [0.05, 0.1) is 0 Å². The minimum atomic E-state index is -4.26. The van der Waals surface area contributed by atoms with E-state index in [1.54, 1.807) is 7.05 Å². The average molecular weight is 242 g/mol. The third kappa shape index (κ3) is 5.16. The third-order valence-corrected chi connectivity index (χ3v) is 2.44. The molecule has 2 N–H and O–H groups in total. The van der Waals surface area contributed by atoms with Crippen molar-refractivity contribution in [3.8, 4) is 0 Å². The zero-order valence-electron chi connectivity index (χ0n) is 11.0. The molecule has 0 aromatic rings. The number of nitrogens with zero attached hydrogens (tertiary/aromatic N) is 1. The van der Waals surface area contributed by atoms with Gasteiger partial charge >= 0.3 is 6.18 Å². The van der Waals surface area contributed by atoms with Crippen molar-refractivity contribution in [1.82, 2.24) is 4.90 Å². The molecule has 16 heavy (non-hydrogen) atoms. The molecule has 0 aliphatic carbocycles. The summed E-state index contributed by atoms with van der Waals surface area (Å²) >= 11 is 0. The molecule has 1 fully saturated rings. The van der Waals surface area contributed by atoms with Gasteiger partial charge in [-0.3, -0.25) is 0 Å². The number of likely N-dealkylation sites (tertiary alicyclic amines) is 1. The van der Waals surface area contributed by atoms with Gasteiger partial charge in [-0.25, -0.2) is 0 Å². The standard InChI is InChI=1S/C7H13F3N2.2C2H6/c1-12-4-2-6(11,3-5-12)7(8,9)10;2*1-2/h2-5,11H2,1H3;2*1-2H3. The van der Waals surface area contributed by atoms with Crippen LogP contribution in [-0.2, 0) is 0 Å². The first kappa shape index (κ1) is 18.1. The highest BCUT2D eigenvalue weighted by Crippen LogP contribution is 2.35. The second-order valence-electron chi connectivity index (χ2n) is 3.46. The Labute approximate surface area is 97.0 Å². The molecule has 1 aliphatic rings. The van der Waals surface area contributed by atoms with Crippen LogP contribution in [0, 0.1) is 0 Å². The van der Waals surface area contributed by atoms with Crippen LogP contribution < -0.4 is 5.73 Å². The maximum Gasteiger partial charge on any atom is 0.406 e. The molecule has 0 bridgehead atoms. The lowest BCUT2D eigenvalue weighted by Crippen LogP contribution is -2.58. The van der Waals surface area contributed by atoms with Crippen molar-refractivity contribution in [2.75, 3.05) is 20.1 Å². The van der Waals surface area contributed by atoms with Crippen molar-refractivity contribution in [3.63, 3.8) is 0 Å². The second kappa shape index (κ2) is 7.90. The van der Waals surface area contributed by atoms with Crippen LogP contribution in [0.25, 0.3) is 0 Å². The number of hydrogen-bond acceptors (Lipinski definition) is 2. The first-order valence-electron chi connectivity index (χ1n) is 5.89. The number of hydrogen-bond donors (Lipinski definition) is 1. The van der Waals surface area contributed by atoms with Gasteiger partial charge in [-0.1, -0.05) is 27.7 Å². The third-order valence-electron chi connectivity index (χ3n) is 2.44. The van der Waals surface area contributed by atoms with E-state index in [1.807, 2.05) is 32.6 Å². The van der Waals surface area contributed by atoms with Crippen LogP contribution in [0.15, 0.2) is 0 Å². The number of rotatable bonds is 0. The van der Waals surface area contributed by atoms with Gasteiger partial charge < -0.3 is 10.6 Å². The summed E-state index contributed by atoms with van der Waals surface area (Å²) in [7, 11) is 1.80. The van der Waals surface area contributed by atoms with E-state index in [0.717, 1.165) is 0 Å². The Hall–Kier alpha value is -0.290. The smallest absolute Gasteiger partial charge is 0.318 e. The SMILES string of the molecule is CC.CC.CN1CCC(N)(C(F)(F)F)CC1. The van der Waals surface area contributed by atoms with Gasteiger partial charge in [0.25, 0.3) is 0 Å². The van der Waals surface area contributed by atoms with E-state index < -0.39 is 11.7 Å². The lowest BCUT2D eigenvalue weighted by atomic mass is 9.88. The number of piperidine rings is 1. The van der Waals surface area contributed by atoms with Gasteiger partial charge in [0, 0.05) is 0 Å². The largest absolute Gasteiger partial charge is 0.406 e. The molecular formula is C11H25F3N2. The van der Waals surface area contributed by atoms with Crippen molar-refractivity contribution in [3.05, 3.63) is 0 Å². The normalized spacial score (nSPS) is 20.1. The van der Waals surface area contributed by atoms with E-state index in [9.17, 15) is 13.2 Å². The molecule has 0 unspecified atom stereocenters. The fourth-order valence-corrected chi connectivity index (χ4v) is 1.30. The van der Waals surface area contributed by atoms with E-state index in [-0.39, 0.29) is 12.8 Å². The molecule has 0 atom stereocenters. The fourth-order valence-electron chi connectivity index (χ4n) is 1.30. The summed E-state index contributed by atoms with van der Waals surface area (Å²) in [5, 5.41) is 0. The minimum absolute atomic E-state index is 0.00694. The predicted molar refractivity (Wildman–Crippen MR) is 62.4 cm³/mol. The Bertz CT molecular complexity index is 161. The lowest BCUT2D eigenvalue weighted by molar-refractivity contribution is -0.196. The van der Waals surface area contributed by atoms with Crippen molar-refractivity contribution >= 4 is 0 Å². The topological polar surface area (TPSA) is 29.3 Å². The van der Waals surface area contributed by atoms with Gasteiger partial charge in [0.15, 0.2) is 0 Å². The quantitative estimate of drug-likeness (QED) is 0.707. The zero-order chi connectivity index (χ0) is 13.4. The highest BCUT2D eigenvalue weighted by molar-refractivity contribution is 4.95. The molecule has 100 valence electrons. The minimum Gasteiger partial charge on any atom is -0.318 e. The molecule has 0 aromatic carbocycles. The molecule has 1 rings (SSSR count). The summed E-state index contributed by atoms with van der Waals surface area (Å²) in [6.07, 6.45) is -4.24. The van der Waals surface area contributed by atoms with Gasteiger partial charge in [-0.15, -0.1) is 0 Å². The van der Waals surface area contributed by atoms with Crippen LogP contribution in [0.5, 0.6) is 0 Å². The molecule has 5 heteroatoms. The van der Waals surface area contributed by atoms with Crippen molar-refractivity contribution in [1.29, 1.82) is 0 Å². The number of halogens is 3. The van der Waals surface area contributed by atoms with Crippen LogP contribution in [0.3, 0.4) is 0 Å². The predicted octanol–water partition coefficient (Wildman–Crippen LogP) is 3.02. The molecule has 0 saturated carbocycles. The van der Waals surface area contributed by atoms with Crippen LogP contribution in [0.2, 0.25) is 0 Å². The van der Waals surface area contributed by atoms with E-state index in [4.69, 9.17) is 5.73 Å². The maximum absolute atomic E-state index is 12.3. The first-order valence-corrected chi connectivity index (χ1v) is 5.89. The molecular weight excluding hydrogens is 217 g/mol. The zero-order valence-corrected chi connectivity index (χ0v) is 11.0. The van der Waals surface area contributed by atoms with Crippen molar-refractivity contribution < 1.29 is 13.2 Å². The van der Waals surface area contributed by atoms with Crippen molar-refractivity contribution in [2.45, 2.75) is 52.3 Å². The van der Waals surface area contributed by atoms with Gasteiger partial charge in [0.2, 0.25) is 0 Å². The fraction of sp³-hybridized carbons (Fsp3) is 1.00. The van der Waals surface area contributed by atoms with Crippen LogP contribution in [0.4, 0.5) is 13.2 Å². The van der Waals surface area contributed by atoms with Gasteiger partial charge in [-0.2, -0.15) is 13.2 Å². The molecule has 0 aromatic heterocycles. The highest BCUT2D eigenvalue weighted by atomic mass is 19.4. The molecule has 1 aliphatic heterocycles. The van der Waals surface area contributed by atoms with E-state index >= 15 is 0 Å². The Balaban J connectivity index is 0. The Kier molecular flexibility index (Phi) is 8.93. The molecule has 0 radical (unpaired) electrons. The molecule has 2 nitrogen and oxygen atoms in total. The lowest BCUT2D eigenvalue weighted by Gasteiger charge is -2.38. The Morgan fingerprint density at radius 3 is 1.56 bits per heavy atom. The molecule has 1 heterocycles. The maximum atomic E-state index is 12.3. The highest BCUT2D eigenvalue weighted by Gasteiger charge is 2.52. The summed E-state index contributed by atoms with van der Waals surface area (Å²) in [5.74, 6) is 0. The number of nitrogens with two attached hydrogens (primary N) is 1. The molecule has 0 spiro atoms. The van der Waals surface area contributed by atoms with Crippen LogP contribution in [0.1, 0.15) is 40.5 Å². The van der Waals surface area contributed by atoms with Gasteiger partial charge in [-0.05, 0) is 33.0 Å². The molecule has 1 saturated heterocycles. The summed E-state index contributed by atoms with van der Waals surface area (Å²) in [4.78, 5) is 1.86. The first-order chi connectivity index (χ1) is 7.35. The van der Waals surface area contributed by atoms with Crippen LogP contribution >= 0.6 is 0 Å². The average Bonchev–Trinajstić information content (AvgIpc) is 2.27. The Morgan fingerprint density at radius 1 is 1.00 bits per heavy atom. The van der Waals surface area contributed by atoms with Gasteiger partial charge in [0.1, 0.15) is 5.54 Å². The summed E-state index contributed by atoms with van der Waals surface area (Å²) in [6.45, 7) is 8.85. The second-order valence-corrected chi connectivity index (χ2v) is 3.46. The number of alkyl halides is 3. The monoisotopic (exact) mass is 242 g/mol. The summed E-state index contributed by atoms with van der Waals surface area (Å²) < 4.78 is 36.9. The van der Waals surface area contributed by atoms with E-state index in [0.29, 0.717) is 13.1 Å².